The summed E-state index contributed by atoms with van der Waals surface area (Å²) in [5.41, 5.74) is 4.52. The van der Waals surface area contributed by atoms with Crippen molar-refractivity contribution in [2.45, 2.75) is 65.8 Å². The van der Waals surface area contributed by atoms with Crippen LogP contribution in [0.3, 0.4) is 0 Å². The van der Waals surface area contributed by atoms with Gasteiger partial charge < -0.3 is 5.32 Å². The molecule has 0 saturated heterocycles. The third-order valence-electron chi connectivity index (χ3n) is 3.46. The van der Waals surface area contributed by atoms with Crippen molar-refractivity contribution in [3.63, 3.8) is 0 Å². The molecular formula is C19H31N. The lowest BCUT2D eigenvalue weighted by molar-refractivity contribution is 0.431. The molecule has 0 heterocycles. The van der Waals surface area contributed by atoms with Gasteiger partial charge >= 0.3 is 0 Å². The lowest BCUT2D eigenvalue weighted by Crippen LogP contribution is -2.36. The second-order valence-corrected chi connectivity index (χ2v) is 7.68. The van der Waals surface area contributed by atoms with Crippen LogP contribution in [0.15, 0.2) is 30.3 Å². The maximum absolute atomic E-state index is 3.51. The van der Waals surface area contributed by atoms with Gasteiger partial charge in [-0.2, -0.15) is 0 Å². The van der Waals surface area contributed by atoms with Crippen molar-refractivity contribution in [3.05, 3.63) is 41.5 Å². The molecule has 0 amide bonds. The molecule has 0 aliphatic carbocycles. The predicted molar refractivity (Wildman–Crippen MR) is 91.2 cm³/mol. The topological polar surface area (TPSA) is 12.0 Å². The zero-order valence-electron chi connectivity index (χ0n) is 14.3. The SMILES string of the molecule is CC(=CCCNC(C)(C)C)c1ccc(C(C)(C)C)cc1. The number of hydrogen-bond acceptors (Lipinski definition) is 1. The van der Waals surface area contributed by atoms with E-state index in [1.807, 2.05) is 0 Å². The van der Waals surface area contributed by atoms with E-state index in [0.29, 0.717) is 0 Å². The molecule has 0 saturated carbocycles. The minimum atomic E-state index is 0.204. The molecule has 112 valence electrons. The van der Waals surface area contributed by atoms with Crippen LogP contribution in [0, 0.1) is 0 Å². The monoisotopic (exact) mass is 273 g/mol. The van der Waals surface area contributed by atoms with Crippen molar-refractivity contribution in [2.24, 2.45) is 0 Å². The van der Waals surface area contributed by atoms with Crippen molar-refractivity contribution >= 4 is 5.57 Å². The van der Waals surface area contributed by atoms with Crippen LogP contribution in [0.4, 0.5) is 0 Å². The maximum Gasteiger partial charge on any atom is 0.00966 e. The van der Waals surface area contributed by atoms with E-state index in [4.69, 9.17) is 0 Å². The quantitative estimate of drug-likeness (QED) is 0.747. The van der Waals surface area contributed by atoms with E-state index < -0.39 is 0 Å². The highest BCUT2D eigenvalue weighted by Gasteiger charge is 2.12. The van der Waals surface area contributed by atoms with Gasteiger partial charge in [0.15, 0.2) is 0 Å². The molecule has 0 atom stereocenters. The molecule has 0 spiro atoms. The Hall–Kier alpha value is -1.08. The van der Waals surface area contributed by atoms with Crippen LogP contribution in [-0.2, 0) is 5.41 Å². The second-order valence-electron chi connectivity index (χ2n) is 7.68. The summed E-state index contributed by atoms with van der Waals surface area (Å²) >= 11 is 0. The van der Waals surface area contributed by atoms with E-state index in [1.54, 1.807) is 0 Å². The summed E-state index contributed by atoms with van der Waals surface area (Å²) in [7, 11) is 0. The second kappa shape index (κ2) is 6.58. The maximum atomic E-state index is 3.51. The number of rotatable bonds is 4. The van der Waals surface area contributed by atoms with Crippen molar-refractivity contribution in [2.75, 3.05) is 6.54 Å². The summed E-state index contributed by atoms with van der Waals surface area (Å²) in [5, 5.41) is 3.51. The normalized spacial score (nSPS) is 13.7. The number of hydrogen-bond donors (Lipinski definition) is 1. The molecule has 1 N–H and O–H groups in total. The summed E-state index contributed by atoms with van der Waals surface area (Å²) in [4.78, 5) is 0. The Morgan fingerprint density at radius 3 is 2.00 bits per heavy atom. The Kier molecular flexibility index (Phi) is 5.59. The molecule has 0 radical (unpaired) electrons. The molecule has 1 aromatic rings. The number of nitrogens with one attached hydrogen (secondary N) is 1. The number of benzene rings is 1. The molecule has 0 aliphatic heterocycles. The van der Waals surface area contributed by atoms with Gasteiger partial charge in [0, 0.05) is 5.54 Å². The molecule has 0 bridgehead atoms. The van der Waals surface area contributed by atoms with Crippen LogP contribution in [-0.4, -0.2) is 12.1 Å². The highest BCUT2D eigenvalue weighted by Crippen LogP contribution is 2.24. The molecule has 0 fully saturated rings. The molecule has 1 nitrogen and oxygen atoms in total. The Bertz CT molecular complexity index is 438. The molecular weight excluding hydrogens is 242 g/mol. The minimum absolute atomic E-state index is 0.204. The average molecular weight is 273 g/mol. The molecule has 0 aliphatic rings. The number of allylic oxidation sites excluding steroid dienone is 1. The zero-order valence-corrected chi connectivity index (χ0v) is 14.3. The first-order valence-electron chi connectivity index (χ1n) is 7.62. The van der Waals surface area contributed by atoms with E-state index in [9.17, 15) is 0 Å². The Morgan fingerprint density at radius 1 is 1.00 bits per heavy atom. The first-order chi connectivity index (χ1) is 9.09. The standard InChI is InChI=1S/C19H31N/c1-15(9-8-14-20-19(5,6)7)16-10-12-17(13-11-16)18(2,3)4/h9-13,20H,8,14H2,1-7H3. The largest absolute Gasteiger partial charge is 0.312 e. The van der Waals surface area contributed by atoms with Gasteiger partial charge in [0.2, 0.25) is 0 Å². The van der Waals surface area contributed by atoms with E-state index in [-0.39, 0.29) is 11.0 Å². The van der Waals surface area contributed by atoms with Gasteiger partial charge in [0.25, 0.3) is 0 Å². The van der Waals surface area contributed by atoms with Gasteiger partial charge in [-0.1, -0.05) is 51.1 Å². The lowest BCUT2D eigenvalue weighted by atomic mass is 9.86. The van der Waals surface area contributed by atoms with Gasteiger partial charge in [-0.15, -0.1) is 0 Å². The zero-order chi connectivity index (χ0) is 15.4. The summed E-state index contributed by atoms with van der Waals surface area (Å²) in [6, 6.07) is 8.98. The summed E-state index contributed by atoms with van der Waals surface area (Å²) in [6.07, 6.45) is 3.40. The summed E-state index contributed by atoms with van der Waals surface area (Å²) in [5.74, 6) is 0. The van der Waals surface area contributed by atoms with Gasteiger partial charge in [0.1, 0.15) is 0 Å². The van der Waals surface area contributed by atoms with Crippen LogP contribution in [0.2, 0.25) is 0 Å². The Labute approximate surface area is 125 Å². The van der Waals surface area contributed by atoms with Crippen LogP contribution >= 0.6 is 0 Å². The summed E-state index contributed by atoms with van der Waals surface area (Å²) < 4.78 is 0. The minimum Gasteiger partial charge on any atom is -0.312 e. The highest BCUT2D eigenvalue weighted by molar-refractivity contribution is 5.63. The van der Waals surface area contributed by atoms with Gasteiger partial charge in [-0.25, -0.2) is 0 Å². The van der Waals surface area contributed by atoms with Crippen molar-refractivity contribution in [3.8, 4) is 0 Å². The molecule has 1 aromatic carbocycles. The van der Waals surface area contributed by atoms with E-state index in [1.165, 1.54) is 16.7 Å². The highest BCUT2D eigenvalue weighted by atomic mass is 14.9. The van der Waals surface area contributed by atoms with E-state index in [0.717, 1.165) is 13.0 Å². The van der Waals surface area contributed by atoms with Gasteiger partial charge in [-0.3, -0.25) is 0 Å². The first kappa shape index (κ1) is 17.0. The molecule has 0 aromatic heterocycles. The van der Waals surface area contributed by atoms with Crippen molar-refractivity contribution in [1.29, 1.82) is 0 Å². The van der Waals surface area contributed by atoms with Crippen LogP contribution < -0.4 is 5.32 Å². The van der Waals surface area contributed by atoms with Crippen molar-refractivity contribution in [1.82, 2.24) is 5.32 Å². The van der Waals surface area contributed by atoms with Crippen molar-refractivity contribution < 1.29 is 0 Å². The third kappa shape index (κ3) is 5.92. The molecule has 1 rings (SSSR count). The molecule has 1 heteroatoms. The molecule has 20 heavy (non-hydrogen) atoms. The Morgan fingerprint density at radius 2 is 1.55 bits per heavy atom. The smallest absolute Gasteiger partial charge is 0.00966 e. The fourth-order valence-corrected chi connectivity index (χ4v) is 2.09. The van der Waals surface area contributed by atoms with Crippen LogP contribution in [0.5, 0.6) is 0 Å². The van der Waals surface area contributed by atoms with Gasteiger partial charge in [-0.05, 0) is 62.8 Å². The van der Waals surface area contributed by atoms with Crippen LogP contribution in [0.1, 0.15) is 66.0 Å². The average Bonchev–Trinajstić information content (AvgIpc) is 2.32. The fraction of sp³-hybridized carbons (Fsp3) is 0.579. The van der Waals surface area contributed by atoms with Gasteiger partial charge in [0.05, 0.1) is 0 Å². The third-order valence-corrected chi connectivity index (χ3v) is 3.46. The predicted octanol–water partition coefficient (Wildman–Crippen LogP) is 5.17. The first-order valence-corrected chi connectivity index (χ1v) is 7.62. The van der Waals surface area contributed by atoms with Crippen LogP contribution in [0.25, 0.3) is 5.57 Å². The summed E-state index contributed by atoms with van der Waals surface area (Å²) in [6.45, 7) is 16.6. The van der Waals surface area contributed by atoms with E-state index in [2.05, 4.69) is 84.1 Å². The fourth-order valence-electron chi connectivity index (χ4n) is 2.09. The Balaban J connectivity index is 2.61. The lowest BCUT2D eigenvalue weighted by Gasteiger charge is -2.20. The van der Waals surface area contributed by atoms with E-state index >= 15 is 0 Å². The molecule has 0 unspecified atom stereocenters.